The average Bonchev–Trinajstić information content (AvgIpc) is 2.47. The van der Waals surface area contributed by atoms with Gasteiger partial charge in [0.1, 0.15) is 22.7 Å². The standard InChI is InChI=1S/C17H17N3O3/c1-11(21)19-12-6-5-9-20(16(12)22)13-10-17(2,3)23-14-7-4-8-18-15(13)14/h4-10H,1-3H3,(H,19,21). The summed E-state index contributed by atoms with van der Waals surface area (Å²) in [6.45, 7) is 5.18. The molecule has 1 aliphatic rings. The lowest BCUT2D eigenvalue weighted by atomic mass is 10.0. The molecule has 1 N–H and O–H groups in total. The van der Waals surface area contributed by atoms with E-state index >= 15 is 0 Å². The topological polar surface area (TPSA) is 73.2 Å². The van der Waals surface area contributed by atoms with Gasteiger partial charge in [-0.1, -0.05) is 0 Å². The SMILES string of the molecule is CC(=O)Nc1cccn(C2=CC(C)(C)Oc3cccnc32)c1=O. The smallest absolute Gasteiger partial charge is 0.278 e. The summed E-state index contributed by atoms with van der Waals surface area (Å²) in [4.78, 5) is 28.2. The lowest BCUT2D eigenvalue weighted by molar-refractivity contribution is -0.114. The molecule has 0 aromatic carbocycles. The number of rotatable bonds is 2. The van der Waals surface area contributed by atoms with Crippen molar-refractivity contribution in [2.75, 3.05) is 5.32 Å². The summed E-state index contributed by atoms with van der Waals surface area (Å²) in [7, 11) is 0. The third kappa shape index (κ3) is 2.88. The second kappa shape index (κ2) is 5.39. The average molecular weight is 311 g/mol. The Morgan fingerprint density at radius 1 is 1.30 bits per heavy atom. The van der Waals surface area contributed by atoms with Gasteiger partial charge in [0.25, 0.3) is 5.56 Å². The van der Waals surface area contributed by atoms with E-state index in [1.54, 1.807) is 30.6 Å². The van der Waals surface area contributed by atoms with E-state index in [1.807, 2.05) is 26.0 Å². The molecule has 3 rings (SSSR count). The number of carbonyl (C=O) groups is 1. The first-order valence-corrected chi connectivity index (χ1v) is 7.24. The van der Waals surface area contributed by atoms with Crippen molar-refractivity contribution in [2.45, 2.75) is 26.4 Å². The molecule has 6 nitrogen and oxygen atoms in total. The molecule has 0 bridgehead atoms. The first-order chi connectivity index (χ1) is 10.9. The van der Waals surface area contributed by atoms with Gasteiger partial charge in [-0.25, -0.2) is 0 Å². The number of pyridine rings is 2. The Kier molecular flexibility index (Phi) is 3.52. The number of aromatic nitrogens is 2. The molecule has 1 amide bonds. The van der Waals surface area contributed by atoms with Gasteiger partial charge in [0.15, 0.2) is 0 Å². The Hall–Kier alpha value is -2.89. The van der Waals surface area contributed by atoms with Crippen molar-refractivity contribution in [1.29, 1.82) is 0 Å². The van der Waals surface area contributed by atoms with Gasteiger partial charge in [-0.2, -0.15) is 0 Å². The first kappa shape index (κ1) is 15.0. The van der Waals surface area contributed by atoms with Crippen molar-refractivity contribution >= 4 is 17.3 Å². The van der Waals surface area contributed by atoms with Crippen LogP contribution in [0.3, 0.4) is 0 Å². The summed E-state index contributed by atoms with van der Waals surface area (Å²) in [5, 5.41) is 2.55. The second-order valence-corrected chi connectivity index (χ2v) is 5.86. The molecule has 118 valence electrons. The van der Waals surface area contributed by atoms with Crippen molar-refractivity contribution < 1.29 is 9.53 Å². The van der Waals surface area contributed by atoms with Crippen LogP contribution in [0.1, 0.15) is 26.5 Å². The maximum atomic E-state index is 12.7. The van der Waals surface area contributed by atoms with Crippen LogP contribution in [-0.2, 0) is 4.79 Å². The van der Waals surface area contributed by atoms with Crippen LogP contribution < -0.4 is 15.6 Å². The van der Waals surface area contributed by atoms with E-state index in [9.17, 15) is 9.59 Å². The van der Waals surface area contributed by atoms with Crippen LogP contribution in [0.25, 0.3) is 5.70 Å². The summed E-state index contributed by atoms with van der Waals surface area (Å²) < 4.78 is 7.36. The second-order valence-electron chi connectivity index (χ2n) is 5.86. The van der Waals surface area contributed by atoms with Gasteiger partial charge in [0.05, 0.1) is 5.70 Å². The molecule has 0 aliphatic carbocycles. The number of amides is 1. The molecular weight excluding hydrogens is 294 g/mol. The largest absolute Gasteiger partial charge is 0.481 e. The lowest BCUT2D eigenvalue weighted by Gasteiger charge is -2.30. The fourth-order valence-corrected chi connectivity index (χ4v) is 2.53. The summed E-state index contributed by atoms with van der Waals surface area (Å²) in [5.41, 5.74) is 0.559. The minimum absolute atomic E-state index is 0.225. The quantitative estimate of drug-likeness (QED) is 0.923. The van der Waals surface area contributed by atoms with Crippen molar-refractivity contribution in [3.63, 3.8) is 0 Å². The molecule has 0 fully saturated rings. The molecule has 0 spiro atoms. The van der Waals surface area contributed by atoms with E-state index in [2.05, 4.69) is 10.3 Å². The Bertz CT molecular complexity index is 865. The highest BCUT2D eigenvalue weighted by Gasteiger charge is 2.28. The maximum Gasteiger partial charge on any atom is 0.278 e. The van der Waals surface area contributed by atoms with Gasteiger partial charge in [-0.05, 0) is 44.2 Å². The van der Waals surface area contributed by atoms with E-state index in [0.29, 0.717) is 17.1 Å². The zero-order valence-electron chi connectivity index (χ0n) is 13.2. The number of hydrogen-bond acceptors (Lipinski definition) is 4. The highest BCUT2D eigenvalue weighted by molar-refractivity contribution is 5.88. The number of ether oxygens (including phenoxy) is 1. The van der Waals surface area contributed by atoms with Gasteiger partial charge in [0.2, 0.25) is 5.91 Å². The van der Waals surface area contributed by atoms with E-state index in [1.165, 1.54) is 11.5 Å². The van der Waals surface area contributed by atoms with Crippen molar-refractivity contribution in [3.05, 3.63) is 58.8 Å². The van der Waals surface area contributed by atoms with Gasteiger partial charge < -0.3 is 10.1 Å². The number of carbonyl (C=O) groups excluding carboxylic acids is 1. The highest BCUT2D eigenvalue weighted by atomic mass is 16.5. The Morgan fingerprint density at radius 3 is 2.83 bits per heavy atom. The predicted molar refractivity (Wildman–Crippen MR) is 87.3 cm³/mol. The Balaban J connectivity index is 2.19. The van der Waals surface area contributed by atoms with Gasteiger partial charge >= 0.3 is 0 Å². The van der Waals surface area contributed by atoms with Crippen molar-refractivity contribution in [2.24, 2.45) is 0 Å². The van der Waals surface area contributed by atoms with E-state index in [4.69, 9.17) is 4.74 Å². The zero-order chi connectivity index (χ0) is 16.6. The summed E-state index contributed by atoms with van der Waals surface area (Å²) in [5.74, 6) is 0.325. The summed E-state index contributed by atoms with van der Waals surface area (Å²) >= 11 is 0. The van der Waals surface area contributed by atoms with Gasteiger partial charge in [-0.3, -0.25) is 19.1 Å². The number of anilines is 1. The molecule has 23 heavy (non-hydrogen) atoms. The maximum absolute atomic E-state index is 12.7. The molecule has 0 saturated carbocycles. The minimum Gasteiger partial charge on any atom is -0.481 e. The molecule has 0 radical (unpaired) electrons. The van der Waals surface area contributed by atoms with E-state index < -0.39 is 5.60 Å². The van der Waals surface area contributed by atoms with Crippen LogP contribution in [-0.4, -0.2) is 21.1 Å². The lowest BCUT2D eigenvalue weighted by Crippen LogP contribution is -2.33. The number of hydrogen-bond donors (Lipinski definition) is 1. The van der Waals surface area contributed by atoms with Crippen LogP contribution >= 0.6 is 0 Å². The van der Waals surface area contributed by atoms with Crippen molar-refractivity contribution in [1.82, 2.24) is 9.55 Å². The van der Waals surface area contributed by atoms with Crippen LogP contribution in [0, 0.1) is 0 Å². The third-order valence-corrected chi connectivity index (χ3v) is 3.39. The fraction of sp³-hybridized carbons (Fsp3) is 0.235. The van der Waals surface area contributed by atoms with Crippen LogP contribution in [0.4, 0.5) is 5.69 Å². The minimum atomic E-state index is -0.575. The van der Waals surface area contributed by atoms with Crippen LogP contribution in [0.2, 0.25) is 0 Å². The normalized spacial score (nSPS) is 15.2. The van der Waals surface area contributed by atoms with E-state index in [0.717, 1.165) is 0 Å². The monoisotopic (exact) mass is 311 g/mol. The Morgan fingerprint density at radius 2 is 2.09 bits per heavy atom. The van der Waals surface area contributed by atoms with Crippen LogP contribution in [0.5, 0.6) is 5.75 Å². The zero-order valence-corrected chi connectivity index (χ0v) is 13.2. The predicted octanol–water partition coefficient (Wildman–Crippen LogP) is 2.26. The molecular formula is C17H17N3O3. The van der Waals surface area contributed by atoms with Crippen LogP contribution in [0.15, 0.2) is 47.5 Å². The van der Waals surface area contributed by atoms with E-state index in [-0.39, 0.29) is 17.2 Å². The summed E-state index contributed by atoms with van der Waals surface area (Å²) in [6, 6.07) is 6.89. The molecule has 2 aromatic heterocycles. The van der Waals surface area contributed by atoms with Gasteiger partial charge in [0, 0.05) is 19.3 Å². The van der Waals surface area contributed by atoms with Crippen molar-refractivity contribution in [3.8, 4) is 5.75 Å². The Labute approximate surface area is 133 Å². The molecule has 1 aliphatic heterocycles. The summed E-state index contributed by atoms with van der Waals surface area (Å²) in [6.07, 6.45) is 5.15. The molecule has 6 heteroatoms. The molecule has 3 heterocycles. The third-order valence-electron chi connectivity index (χ3n) is 3.39. The molecule has 2 aromatic rings. The number of fused-ring (bicyclic) bond motifs is 1. The number of nitrogens with one attached hydrogen (secondary N) is 1. The molecule has 0 atom stereocenters. The molecule has 0 saturated heterocycles. The van der Waals surface area contributed by atoms with Gasteiger partial charge in [-0.15, -0.1) is 0 Å². The first-order valence-electron chi connectivity index (χ1n) is 7.24. The number of nitrogens with zero attached hydrogens (tertiary/aromatic N) is 2. The fourth-order valence-electron chi connectivity index (χ4n) is 2.53. The molecule has 0 unspecified atom stereocenters. The highest BCUT2D eigenvalue weighted by Crippen LogP contribution is 2.34.